The lowest BCUT2D eigenvalue weighted by atomic mass is 10.0. The van der Waals surface area contributed by atoms with Crippen LogP contribution in [0.25, 0.3) is 0 Å². The van der Waals surface area contributed by atoms with Gasteiger partial charge in [-0.15, -0.1) is 0 Å². The highest BCUT2D eigenvalue weighted by molar-refractivity contribution is 14.1. The second kappa shape index (κ2) is 10.9. The number of rotatable bonds is 8. The van der Waals surface area contributed by atoms with Crippen LogP contribution in [0, 0.1) is 15.3 Å². The number of ether oxygens (including phenoxy) is 1. The minimum Gasteiger partial charge on any atom is -0.504 e. The molecule has 0 saturated carbocycles. The summed E-state index contributed by atoms with van der Waals surface area (Å²) in [6, 6.07) is 7.51. The first-order valence-electron chi connectivity index (χ1n) is 9.27. The van der Waals surface area contributed by atoms with E-state index in [2.05, 4.69) is 15.8 Å². The second-order valence-electron chi connectivity index (χ2n) is 6.72. The number of carbonyl (C=O) groups is 2. The van der Waals surface area contributed by atoms with Gasteiger partial charge in [0.25, 0.3) is 11.8 Å². The molecule has 2 amide bonds. The smallest absolute Gasteiger partial charge is 0.262 e. The molecule has 0 aliphatic rings. The zero-order chi connectivity index (χ0) is 22.3. The predicted molar refractivity (Wildman–Crippen MR) is 120 cm³/mol. The molecular weight excluding hydrogens is 504 g/mol. The maximum Gasteiger partial charge on any atom is 0.262 e. The van der Waals surface area contributed by atoms with E-state index in [0.29, 0.717) is 21.5 Å². The first kappa shape index (κ1) is 23.6. The molecule has 1 unspecified atom stereocenters. The van der Waals surface area contributed by atoms with Gasteiger partial charge in [-0.2, -0.15) is 5.10 Å². The topological polar surface area (TPSA) is 100 Å². The Hall–Kier alpha value is -2.69. The van der Waals surface area contributed by atoms with Crippen molar-refractivity contribution in [1.82, 2.24) is 10.7 Å². The fourth-order valence-electron chi connectivity index (χ4n) is 2.53. The van der Waals surface area contributed by atoms with Crippen molar-refractivity contribution in [2.24, 2.45) is 11.0 Å². The van der Waals surface area contributed by atoms with Crippen LogP contribution in [0.3, 0.4) is 0 Å². The SMILES string of the molecule is CCOc1cc(C=NNC(=O)C(NC(=O)c2ccc(F)cc2)C(C)C)cc(I)c1O. The molecule has 2 aromatic rings. The first-order valence-corrected chi connectivity index (χ1v) is 10.4. The molecule has 0 heterocycles. The average Bonchev–Trinajstić information content (AvgIpc) is 2.70. The molecular formula is C21H23FIN3O4. The van der Waals surface area contributed by atoms with Crippen molar-refractivity contribution in [3.05, 3.63) is 56.9 Å². The highest BCUT2D eigenvalue weighted by atomic mass is 127. The van der Waals surface area contributed by atoms with Gasteiger partial charge >= 0.3 is 0 Å². The molecule has 1 atom stereocenters. The Morgan fingerprint density at radius 3 is 2.53 bits per heavy atom. The maximum atomic E-state index is 13.0. The number of benzene rings is 2. The zero-order valence-corrected chi connectivity index (χ0v) is 18.9. The van der Waals surface area contributed by atoms with Crippen LogP contribution in [0.2, 0.25) is 0 Å². The van der Waals surface area contributed by atoms with Crippen LogP contribution in [0.4, 0.5) is 4.39 Å². The normalized spacial score (nSPS) is 12.1. The summed E-state index contributed by atoms with van der Waals surface area (Å²) in [5, 5.41) is 16.6. The Bertz CT molecular complexity index is 933. The first-order chi connectivity index (χ1) is 14.2. The van der Waals surface area contributed by atoms with Crippen LogP contribution >= 0.6 is 22.6 Å². The van der Waals surface area contributed by atoms with Gasteiger partial charge in [-0.25, -0.2) is 9.82 Å². The molecule has 0 spiro atoms. The van der Waals surface area contributed by atoms with Crippen molar-refractivity contribution in [3.8, 4) is 11.5 Å². The number of aromatic hydroxyl groups is 1. The molecule has 0 bridgehead atoms. The Morgan fingerprint density at radius 2 is 1.93 bits per heavy atom. The van der Waals surface area contributed by atoms with Gasteiger partial charge in [-0.1, -0.05) is 13.8 Å². The molecule has 2 aromatic carbocycles. The number of hydrogen-bond donors (Lipinski definition) is 3. The van der Waals surface area contributed by atoms with Crippen molar-refractivity contribution < 1.29 is 23.8 Å². The van der Waals surface area contributed by atoms with Gasteiger partial charge < -0.3 is 15.2 Å². The third kappa shape index (κ3) is 6.41. The Labute approximate surface area is 187 Å². The van der Waals surface area contributed by atoms with Crippen LogP contribution in [0.1, 0.15) is 36.7 Å². The van der Waals surface area contributed by atoms with Crippen LogP contribution in [0.15, 0.2) is 41.5 Å². The highest BCUT2D eigenvalue weighted by Gasteiger charge is 2.24. The number of nitrogens with zero attached hydrogens (tertiary/aromatic N) is 1. The van der Waals surface area contributed by atoms with Crippen LogP contribution in [-0.2, 0) is 4.79 Å². The zero-order valence-electron chi connectivity index (χ0n) is 16.8. The van der Waals surface area contributed by atoms with Gasteiger partial charge in [0.15, 0.2) is 11.5 Å². The molecule has 0 aromatic heterocycles. The van der Waals surface area contributed by atoms with Crippen molar-refractivity contribution in [1.29, 1.82) is 0 Å². The predicted octanol–water partition coefficient (Wildman–Crippen LogP) is 3.44. The number of amides is 2. The Balaban J connectivity index is 2.06. The number of phenolic OH excluding ortho intramolecular Hbond substituents is 1. The fourth-order valence-corrected chi connectivity index (χ4v) is 3.16. The second-order valence-corrected chi connectivity index (χ2v) is 7.88. The molecule has 0 radical (unpaired) electrons. The summed E-state index contributed by atoms with van der Waals surface area (Å²) in [6.45, 7) is 5.77. The summed E-state index contributed by atoms with van der Waals surface area (Å²) in [5.41, 5.74) is 3.29. The van der Waals surface area contributed by atoms with Gasteiger partial charge in [0.2, 0.25) is 0 Å². The molecule has 0 fully saturated rings. The number of hydrogen-bond acceptors (Lipinski definition) is 5. The lowest BCUT2D eigenvalue weighted by molar-refractivity contribution is -0.123. The number of halogens is 2. The van der Waals surface area contributed by atoms with E-state index in [0.717, 1.165) is 0 Å². The van der Waals surface area contributed by atoms with Crippen LogP contribution in [0.5, 0.6) is 11.5 Å². The molecule has 9 heteroatoms. The number of phenols is 1. The van der Waals surface area contributed by atoms with E-state index in [-0.39, 0.29) is 17.2 Å². The van der Waals surface area contributed by atoms with E-state index in [9.17, 15) is 19.1 Å². The minimum absolute atomic E-state index is 0.0435. The summed E-state index contributed by atoms with van der Waals surface area (Å²) >= 11 is 1.97. The van der Waals surface area contributed by atoms with Crippen molar-refractivity contribution in [3.63, 3.8) is 0 Å². The highest BCUT2D eigenvalue weighted by Crippen LogP contribution is 2.32. The molecule has 160 valence electrons. The number of carbonyl (C=O) groups excluding carboxylic acids is 2. The summed E-state index contributed by atoms with van der Waals surface area (Å²) in [5.74, 6) is -1.26. The average molecular weight is 527 g/mol. The summed E-state index contributed by atoms with van der Waals surface area (Å²) in [6.07, 6.45) is 1.42. The number of hydrazone groups is 1. The molecule has 7 nitrogen and oxygen atoms in total. The molecule has 0 saturated heterocycles. The van der Waals surface area contributed by atoms with E-state index >= 15 is 0 Å². The van der Waals surface area contributed by atoms with Crippen molar-refractivity contribution >= 4 is 40.6 Å². The summed E-state index contributed by atoms with van der Waals surface area (Å²) in [7, 11) is 0. The van der Waals surface area contributed by atoms with Crippen molar-refractivity contribution in [2.45, 2.75) is 26.8 Å². The molecule has 2 rings (SSSR count). The van der Waals surface area contributed by atoms with Gasteiger partial charge in [-0.05, 0) is 77.4 Å². The van der Waals surface area contributed by atoms with Gasteiger partial charge in [0.05, 0.1) is 16.4 Å². The van der Waals surface area contributed by atoms with Crippen molar-refractivity contribution in [2.75, 3.05) is 6.61 Å². The molecule has 3 N–H and O–H groups in total. The lowest BCUT2D eigenvalue weighted by Gasteiger charge is -2.20. The number of nitrogens with one attached hydrogen (secondary N) is 2. The van der Waals surface area contributed by atoms with E-state index in [1.807, 2.05) is 22.6 Å². The fraction of sp³-hybridized carbons (Fsp3) is 0.286. The maximum absolute atomic E-state index is 13.0. The Kier molecular flexibility index (Phi) is 8.58. The molecule has 0 aliphatic heterocycles. The largest absolute Gasteiger partial charge is 0.504 e. The summed E-state index contributed by atoms with van der Waals surface area (Å²) < 4.78 is 19.0. The van der Waals surface area contributed by atoms with Gasteiger partial charge in [0, 0.05) is 5.56 Å². The monoisotopic (exact) mass is 527 g/mol. The van der Waals surface area contributed by atoms with E-state index < -0.39 is 23.7 Å². The third-order valence-corrected chi connectivity index (χ3v) is 4.90. The third-order valence-electron chi connectivity index (χ3n) is 4.08. The van der Waals surface area contributed by atoms with E-state index in [4.69, 9.17) is 4.74 Å². The minimum atomic E-state index is -0.835. The van der Waals surface area contributed by atoms with Crippen LogP contribution in [-0.4, -0.2) is 35.8 Å². The van der Waals surface area contributed by atoms with E-state index in [1.54, 1.807) is 32.9 Å². The molecule has 30 heavy (non-hydrogen) atoms. The quantitative estimate of drug-likeness (QED) is 0.278. The van der Waals surface area contributed by atoms with E-state index in [1.165, 1.54) is 30.5 Å². The van der Waals surface area contributed by atoms with Gasteiger partial charge in [0.1, 0.15) is 11.9 Å². The molecule has 0 aliphatic carbocycles. The summed E-state index contributed by atoms with van der Waals surface area (Å²) in [4.78, 5) is 24.9. The van der Waals surface area contributed by atoms with Gasteiger partial charge in [-0.3, -0.25) is 9.59 Å². The Morgan fingerprint density at radius 1 is 1.27 bits per heavy atom. The standard InChI is InChI=1S/C21H23FIN3O4/c1-4-30-17-10-13(9-16(23)19(17)27)11-24-26-21(29)18(12(2)3)25-20(28)14-5-7-15(22)8-6-14/h5-12,18,27H,4H2,1-3H3,(H,25,28)(H,26,29). The van der Waals surface area contributed by atoms with Crippen LogP contribution < -0.4 is 15.5 Å². The lowest BCUT2D eigenvalue weighted by Crippen LogP contribution is -2.48.